The van der Waals surface area contributed by atoms with Gasteiger partial charge in [-0.1, -0.05) is 12.2 Å². The van der Waals surface area contributed by atoms with Gasteiger partial charge in [-0.25, -0.2) is 9.97 Å². The fourth-order valence-corrected chi connectivity index (χ4v) is 5.35. The molecule has 1 N–H and O–H groups in total. The van der Waals surface area contributed by atoms with Crippen LogP contribution in [0.1, 0.15) is 25.6 Å². The molecule has 0 aliphatic carbocycles. The first-order chi connectivity index (χ1) is 15.3. The van der Waals surface area contributed by atoms with Crippen LogP contribution in [0.2, 0.25) is 0 Å². The molecule has 7 nitrogen and oxygen atoms in total. The number of hydrogen-bond acceptors (Lipinski definition) is 7. The Balaban J connectivity index is 1.34. The summed E-state index contributed by atoms with van der Waals surface area (Å²) < 4.78 is 46.6. The maximum absolute atomic E-state index is 13.6. The molecular formula is C22H31F3N6O. The predicted molar refractivity (Wildman–Crippen MR) is 116 cm³/mol. The predicted octanol–water partition coefficient (Wildman–Crippen LogP) is 2.15. The lowest BCUT2D eigenvalue weighted by molar-refractivity contribution is -0.144. The molecule has 0 saturated carbocycles. The van der Waals surface area contributed by atoms with Crippen LogP contribution >= 0.6 is 0 Å². The quantitative estimate of drug-likeness (QED) is 0.706. The van der Waals surface area contributed by atoms with E-state index in [2.05, 4.69) is 33.2 Å². The van der Waals surface area contributed by atoms with Gasteiger partial charge < -0.3 is 19.9 Å². The molecule has 5 rings (SSSR count). The number of piperazine rings is 1. The van der Waals surface area contributed by atoms with E-state index in [1.54, 1.807) is 6.07 Å². The van der Waals surface area contributed by atoms with Crippen LogP contribution in [0.4, 0.5) is 24.8 Å². The van der Waals surface area contributed by atoms with Gasteiger partial charge >= 0.3 is 6.18 Å². The molecule has 5 heterocycles. The highest BCUT2D eigenvalue weighted by molar-refractivity contribution is 5.54. The highest BCUT2D eigenvalue weighted by Crippen LogP contribution is 2.39. The Bertz CT molecular complexity index is 849. The summed E-state index contributed by atoms with van der Waals surface area (Å²) in [5.41, 5.74) is -0.0000246. The van der Waals surface area contributed by atoms with Crippen molar-refractivity contribution in [3.05, 3.63) is 24.0 Å². The monoisotopic (exact) mass is 452 g/mol. The molecular weight excluding hydrogens is 421 g/mol. The zero-order valence-electron chi connectivity index (χ0n) is 18.4. The Kier molecular flexibility index (Phi) is 5.79. The number of hydrogen-bond donors (Lipinski definition) is 1. The fourth-order valence-electron chi connectivity index (χ4n) is 5.35. The summed E-state index contributed by atoms with van der Waals surface area (Å²) in [5.74, 6) is -0.304. The molecule has 1 aromatic rings. The van der Waals surface area contributed by atoms with Crippen molar-refractivity contribution >= 4 is 11.6 Å². The molecule has 3 fully saturated rings. The minimum absolute atomic E-state index is 0.0000246. The van der Waals surface area contributed by atoms with E-state index < -0.39 is 12.0 Å². The van der Waals surface area contributed by atoms with E-state index >= 15 is 0 Å². The molecule has 0 radical (unpaired) electrons. The molecule has 32 heavy (non-hydrogen) atoms. The molecule has 3 saturated heterocycles. The second-order valence-corrected chi connectivity index (χ2v) is 9.42. The highest BCUT2D eigenvalue weighted by atomic mass is 19.4. The van der Waals surface area contributed by atoms with Crippen molar-refractivity contribution in [2.24, 2.45) is 5.41 Å². The van der Waals surface area contributed by atoms with Gasteiger partial charge in [0.05, 0.1) is 13.2 Å². The van der Waals surface area contributed by atoms with Crippen LogP contribution in [-0.2, 0) is 10.9 Å². The molecule has 1 spiro atoms. The molecule has 4 aliphatic heterocycles. The van der Waals surface area contributed by atoms with Crippen molar-refractivity contribution in [1.82, 2.24) is 20.2 Å². The summed E-state index contributed by atoms with van der Waals surface area (Å²) in [6, 6.07) is 2.20. The van der Waals surface area contributed by atoms with Crippen LogP contribution in [-0.4, -0.2) is 86.0 Å². The third kappa shape index (κ3) is 4.20. The topological polar surface area (TPSA) is 56.8 Å². The maximum Gasteiger partial charge on any atom is 0.451 e. The van der Waals surface area contributed by atoms with Crippen molar-refractivity contribution in [2.45, 2.75) is 38.0 Å². The van der Waals surface area contributed by atoms with Crippen molar-refractivity contribution in [3.8, 4) is 0 Å². The molecule has 0 aromatic carbocycles. The number of ether oxygens (including phenoxy) is 1. The van der Waals surface area contributed by atoms with Crippen LogP contribution in [0.3, 0.4) is 0 Å². The summed E-state index contributed by atoms with van der Waals surface area (Å²) in [6.45, 7) is 9.24. The summed E-state index contributed by atoms with van der Waals surface area (Å²) in [5, 5.41) is 3.35. The Hall–Kier alpha value is -1.91. The van der Waals surface area contributed by atoms with Crippen LogP contribution in [0, 0.1) is 5.41 Å². The van der Waals surface area contributed by atoms with Crippen LogP contribution in [0.25, 0.3) is 0 Å². The number of nitrogens with zero attached hydrogens (tertiary/aromatic N) is 5. The van der Waals surface area contributed by atoms with Gasteiger partial charge in [0.25, 0.3) is 0 Å². The van der Waals surface area contributed by atoms with E-state index in [9.17, 15) is 13.2 Å². The van der Waals surface area contributed by atoms with E-state index in [0.29, 0.717) is 50.5 Å². The number of rotatable bonds is 3. The van der Waals surface area contributed by atoms with Gasteiger partial charge in [0.15, 0.2) is 0 Å². The first-order valence-corrected chi connectivity index (χ1v) is 11.5. The molecule has 176 valence electrons. The zero-order chi connectivity index (χ0) is 22.3. The van der Waals surface area contributed by atoms with Crippen LogP contribution in [0.15, 0.2) is 18.2 Å². The molecule has 0 unspecified atom stereocenters. The average Bonchev–Trinajstić information content (AvgIpc) is 2.79. The minimum atomic E-state index is -4.58. The SMILES string of the molecule is C[C@@H]1[C@H](N2CCNCC2)CN1c1cc(N2CCC3(C=CCOC3)CC2)nc(C(F)(F)F)n1. The molecule has 1 aromatic heterocycles. The van der Waals surface area contributed by atoms with E-state index in [4.69, 9.17) is 4.74 Å². The number of piperidine rings is 1. The van der Waals surface area contributed by atoms with Gasteiger partial charge in [-0.2, -0.15) is 13.2 Å². The van der Waals surface area contributed by atoms with Gasteiger partial charge in [0.1, 0.15) is 11.6 Å². The Morgan fingerprint density at radius 1 is 1.09 bits per heavy atom. The van der Waals surface area contributed by atoms with E-state index in [1.165, 1.54) is 0 Å². The largest absolute Gasteiger partial charge is 0.451 e. The average molecular weight is 453 g/mol. The number of alkyl halides is 3. The zero-order valence-corrected chi connectivity index (χ0v) is 18.4. The van der Waals surface area contributed by atoms with Crippen molar-refractivity contribution < 1.29 is 17.9 Å². The number of nitrogens with one attached hydrogen (secondary N) is 1. The van der Waals surface area contributed by atoms with E-state index in [1.807, 2.05) is 15.9 Å². The maximum atomic E-state index is 13.6. The van der Waals surface area contributed by atoms with Gasteiger partial charge in [-0.05, 0) is 19.8 Å². The summed E-state index contributed by atoms with van der Waals surface area (Å²) >= 11 is 0. The minimum Gasteiger partial charge on any atom is -0.376 e. The molecule has 2 atom stereocenters. The highest BCUT2D eigenvalue weighted by Gasteiger charge is 2.43. The Labute approximate surface area is 186 Å². The van der Waals surface area contributed by atoms with Crippen LogP contribution < -0.4 is 15.1 Å². The normalized spacial score (nSPS) is 28.8. The van der Waals surface area contributed by atoms with Crippen molar-refractivity contribution in [3.63, 3.8) is 0 Å². The van der Waals surface area contributed by atoms with E-state index in [0.717, 1.165) is 39.0 Å². The standard InChI is InChI=1S/C22H31F3N6O/c1-16-17(29-10-6-26-7-11-29)14-31(16)19-13-18(27-20(28-19)22(23,24)25)30-8-4-21(5-9-30)3-2-12-32-15-21/h2-3,13,16-17,26H,4-12,14-15H2,1H3/t16-,17-/m1/s1. The lowest BCUT2D eigenvalue weighted by Crippen LogP contribution is -2.68. The van der Waals surface area contributed by atoms with Gasteiger partial charge in [-0.15, -0.1) is 0 Å². The van der Waals surface area contributed by atoms with Gasteiger partial charge in [-0.3, -0.25) is 4.90 Å². The second kappa shape index (κ2) is 8.46. The fraction of sp³-hybridized carbons (Fsp3) is 0.727. The van der Waals surface area contributed by atoms with Gasteiger partial charge in [0, 0.05) is 69.4 Å². The first kappa shape index (κ1) is 21.9. The van der Waals surface area contributed by atoms with E-state index in [-0.39, 0.29) is 11.5 Å². The molecule has 0 bridgehead atoms. The van der Waals surface area contributed by atoms with Crippen LogP contribution in [0.5, 0.6) is 0 Å². The van der Waals surface area contributed by atoms with Crippen molar-refractivity contribution in [2.75, 3.05) is 68.8 Å². The summed E-state index contributed by atoms with van der Waals surface area (Å²) in [7, 11) is 0. The lowest BCUT2D eigenvalue weighted by atomic mass is 9.78. The van der Waals surface area contributed by atoms with Crippen molar-refractivity contribution in [1.29, 1.82) is 0 Å². The second-order valence-electron chi connectivity index (χ2n) is 9.42. The molecule has 4 aliphatic rings. The first-order valence-electron chi connectivity index (χ1n) is 11.5. The number of anilines is 2. The summed E-state index contributed by atoms with van der Waals surface area (Å²) in [6.07, 6.45) is 1.38. The number of halogens is 3. The number of aromatic nitrogens is 2. The Morgan fingerprint density at radius 2 is 1.81 bits per heavy atom. The lowest BCUT2D eigenvalue weighted by Gasteiger charge is -2.53. The molecule has 0 amide bonds. The Morgan fingerprint density at radius 3 is 2.44 bits per heavy atom. The molecule has 10 heteroatoms. The third-order valence-corrected chi connectivity index (χ3v) is 7.46. The smallest absolute Gasteiger partial charge is 0.376 e. The third-order valence-electron chi connectivity index (χ3n) is 7.46. The van der Waals surface area contributed by atoms with Gasteiger partial charge in [0.2, 0.25) is 5.82 Å². The summed E-state index contributed by atoms with van der Waals surface area (Å²) in [4.78, 5) is 14.2.